The van der Waals surface area contributed by atoms with Gasteiger partial charge in [-0.05, 0) is 29.8 Å². The molecule has 2 N–H and O–H groups in total. The molecule has 0 saturated heterocycles. The maximum atomic E-state index is 5.72. The first-order valence-corrected chi connectivity index (χ1v) is 6.11. The Hall–Kier alpha value is -1.55. The van der Waals surface area contributed by atoms with E-state index < -0.39 is 0 Å². The van der Waals surface area contributed by atoms with Gasteiger partial charge in [-0.15, -0.1) is 0 Å². The van der Waals surface area contributed by atoms with Gasteiger partial charge in [0.15, 0.2) is 0 Å². The van der Waals surface area contributed by atoms with Gasteiger partial charge in [-0.2, -0.15) is 0 Å². The molecule has 0 fully saturated rings. The van der Waals surface area contributed by atoms with E-state index in [9.17, 15) is 0 Å². The Labute approximate surface area is 109 Å². The molecule has 0 aliphatic rings. The van der Waals surface area contributed by atoms with Crippen molar-refractivity contribution in [3.05, 3.63) is 52.8 Å². The third kappa shape index (κ3) is 3.75. The van der Waals surface area contributed by atoms with Crippen molar-refractivity contribution in [2.24, 2.45) is 0 Å². The van der Waals surface area contributed by atoms with Crippen LogP contribution >= 0.6 is 15.9 Å². The maximum absolute atomic E-state index is 5.72. The minimum Gasteiger partial charge on any atom is -0.493 e. The van der Waals surface area contributed by atoms with Crippen molar-refractivity contribution >= 4 is 21.6 Å². The number of pyridine rings is 1. The molecule has 3 nitrogen and oxygen atoms in total. The highest BCUT2D eigenvalue weighted by Gasteiger charge is 1.98. The zero-order valence-corrected chi connectivity index (χ0v) is 10.9. The van der Waals surface area contributed by atoms with E-state index in [0.717, 1.165) is 16.6 Å². The van der Waals surface area contributed by atoms with Crippen molar-refractivity contribution in [2.45, 2.75) is 6.42 Å². The van der Waals surface area contributed by atoms with Gasteiger partial charge >= 0.3 is 0 Å². The number of ether oxygens (including phenoxy) is 1. The smallest absolute Gasteiger partial charge is 0.122 e. The molecule has 1 heterocycles. The second-order valence-electron chi connectivity index (χ2n) is 3.67. The number of nitrogens with two attached hydrogens (primary N) is 1. The minimum absolute atomic E-state index is 0.625. The van der Waals surface area contributed by atoms with Crippen LogP contribution in [0, 0.1) is 0 Å². The molecule has 0 amide bonds. The molecule has 0 unspecified atom stereocenters. The van der Waals surface area contributed by atoms with Gasteiger partial charge in [0.25, 0.3) is 0 Å². The largest absolute Gasteiger partial charge is 0.493 e. The maximum Gasteiger partial charge on any atom is 0.122 e. The van der Waals surface area contributed by atoms with E-state index in [2.05, 4.69) is 20.9 Å². The predicted molar refractivity (Wildman–Crippen MR) is 72.0 cm³/mol. The first-order chi connectivity index (χ1) is 8.24. The molecule has 0 radical (unpaired) electrons. The number of rotatable bonds is 4. The number of anilines is 1. The minimum atomic E-state index is 0.625. The summed E-state index contributed by atoms with van der Waals surface area (Å²) in [4.78, 5) is 3.97. The van der Waals surface area contributed by atoms with E-state index in [-0.39, 0.29) is 0 Å². The Balaban J connectivity index is 1.90. The van der Waals surface area contributed by atoms with Gasteiger partial charge < -0.3 is 10.5 Å². The first-order valence-electron chi connectivity index (χ1n) is 5.32. The van der Waals surface area contributed by atoms with E-state index >= 15 is 0 Å². The van der Waals surface area contributed by atoms with Crippen LogP contribution < -0.4 is 10.5 Å². The second kappa shape index (κ2) is 5.68. The van der Waals surface area contributed by atoms with Crippen molar-refractivity contribution in [1.29, 1.82) is 0 Å². The quantitative estimate of drug-likeness (QED) is 0.881. The Morgan fingerprint density at radius 2 is 1.94 bits per heavy atom. The zero-order chi connectivity index (χ0) is 12.1. The second-order valence-corrected chi connectivity index (χ2v) is 4.59. The van der Waals surface area contributed by atoms with Crippen molar-refractivity contribution < 1.29 is 4.74 Å². The predicted octanol–water partition coefficient (Wildman–Crippen LogP) is 3.05. The third-order valence-corrected chi connectivity index (χ3v) is 2.76. The lowest BCUT2D eigenvalue weighted by Gasteiger charge is -2.07. The molecule has 2 rings (SSSR count). The molecule has 88 valence electrons. The summed E-state index contributed by atoms with van der Waals surface area (Å²) in [7, 11) is 0. The van der Waals surface area contributed by atoms with Gasteiger partial charge in [-0.3, -0.25) is 4.98 Å². The Kier molecular flexibility index (Phi) is 3.98. The fourth-order valence-electron chi connectivity index (χ4n) is 1.50. The van der Waals surface area contributed by atoms with Crippen LogP contribution in [0.1, 0.15) is 5.56 Å². The number of hydrogen-bond donors (Lipinski definition) is 1. The fourth-order valence-corrected chi connectivity index (χ4v) is 1.99. The zero-order valence-electron chi connectivity index (χ0n) is 9.27. The first kappa shape index (κ1) is 11.9. The van der Waals surface area contributed by atoms with Gasteiger partial charge in [-0.25, -0.2) is 0 Å². The fraction of sp³-hybridized carbons (Fsp3) is 0.154. The molecule has 17 heavy (non-hydrogen) atoms. The highest BCUT2D eigenvalue weighted by molar-refractivity contribution is 9.10. The number of nitrogens with zero attached hydrogens (tertiary/aromatic N) is 1. The Morgan fingerprint density at radius 1 is 1.18 bits per heavy atom. The van der Waals surface area contributed by atoms with Crippen molar-refractivity contribution in [3.8, 4) is 5.75 Å². The van der Waals surface area contributed by atoms with E-state index in [4.69, 9.17) is 10.5 Å². The lowest BCUT2D eigenvalue weighted by molar-refractivity contribution is 0.322. The van der Waals surface area contributed by atoms with E-state index in [1.54, 1.807) is 12.4 Å². The van der Waals surface area contributed by atoms with Crippen molar-refractivity contribution in [3.63, 3.8) is 0 Å². The molecular formula is C13H13BrN2O. The number of hydrogen-bond acceptors (Lipinski definition) is 3. The summed E-state index contributed by atoms with van der Waals surface area (Å²) in [5.74, 6) is 0.783. The standard InChI is InChI=1S/C13H13BrN2O/c14-11-7-12(15)9-13(8-11)17-6-3-10-1-4-16-5-2-10/h1-2,4-5,7-9H,3,6,15H2. The van der Waals surface area contributed by atoms with E-state index in [1.807, 2.05) is 30.3 Å². The number of benzene rings is 1. The summed E-state index contributed by atoms with van der Waals surface area (Å²) >= 11 is 3.38. The van der Waals surface area contributed by atoms with Gasteiger partial charge in [0.05, 0.1) is 6.61 Å². The van der Waals surface area contributed by atoms with Crippen LogP contribution in [0.2, 0.25) is 0 Å². The summed E-state index contributed by atoms with van der Waals surface area (Å²) < 4.78 is 6.57. The molecule has 1 aromatic heterocycles. The average Bonchev–Trinajstić information content (AvgIpc) is 2.29. The lowest BCUT2D eigenvalue weighted by atomic mass is 10.2. The lowest BCUT2D eigenvalue weighted by Crippen LogP contribution is -2.01. The van der Waals surface area contributed by atoms with E-state index in [1.165, 1.54) is 5.56 Å². The highest BCUT2D eigenvalue weighted by Crippen LogP contribution is 2.22. The molecule has 1 aromatic carbocycles. The summed E-state index contributed by atoms with van der Waals surface area (Å²) in [6, 6.07) is 9.53. The molecule has 2 aromatic rings. The summed E-state index contributed by atoms with van der Waals surface area (Å²) in [6.45, 7) is 0.625. The van der Waals surface area contributed by atoms with Crippen LogP contribution in [-0.4, -0.2) is 11.6 Å². The molecule has 0 spiro atoms. The monoisotopic (exact) mass is 292 g/mol. The van der Waals surface area contributed by atoms with Crippen LogP contribution in [0.5, 0.6) is 5.75 Å². The topological polar surface area (TPSA) is 48.1 Å². The molecule has 0 bridgehead atoms. The summed E-state index contributed by atoms with van der Waals surface area (Å²) in [5, 5.41) is 0. The average molecular weight is 293 g/mol. The number of aromatic nitrogens is 1. The van der Waals surface area contributed by atoms with Crippen LogP contribution in [0.4, 0.5) is 5.69 Å². The molecule has 0 atom stereocenters. The third-order valence-electron chi connectivity index (χ3n) is 2.30. The summed E-state index contributed by atoms with van der Waals surface area (Å²) in [6.07, 6.45) is 4.42. The van der Waals surface area contributed by atoms with Crippen molar-refractivity contribution in [1.82, 2.24) is 4.98 Å². The van der Waals surface area contributed by atoms with Crippen molar-refractivity contribution in [2.75, 3.05) is 12.3 Å². The van der Waals surface area contributed by atoms with Gasteiger partial charge in [-0.1, -0.05) is 15.9 Å². The van der Waals surface area contributed by atoms with Crippen LogP contribution in [0.15, 0.2) is 47.2 Å². The van der Waals surface area contributed by atoms with Crippen LogP contribution in [-0.2, 0) is 6.42 Å². The number of halogens is 1. The SMILES string of the molecule is Nc1cc(Br)cc(OCCc2ccncc2)c1. The van der Waals surface area contributed by atoms with E-state index in [0.29, 0.717) is 12.3 Å². The highest BCUT2D eigenvalue weighted by atomic mass is 79.9. The Morgan fingerprint density at radius 3 is 2.65 bits per heavy atom. The van der Waals surface area contributed by atoms with Crippen LogP contribution in [0.3, 0.4) is 0 Å². The molecule has 0 aliphatic carbocycles. The van der Waals surface area contributed by atoms with Crippen LogP contribution in [0.25, 0.3) is 0 Å². The molecule has 0 aliphatic heterocycles. The molecule has 4 heteroatoms. The summed E-state index contributed by atoms with van der Waals surface area (Å²) in [5.41, 5.74) is 7.63. The van der Waals surface area contributed by atoms with Gasteiger partial charge in [0.2, 0.25) is 0 Å². The normalized spacial score (nSPS) is 10.2. The number of nitrogen functional groups attached to an aromatic ring is 1. The Bertz CT molecular complexity index is 468. The van der Waals surface area contributed by atoms with Gasteiger partial charge in [0, 0.05) is 35.0 Å². The molecule has 0 saturated carbocycles. The molecular weight excluding hydrogens is 280 g/mol. The van der Waals surface area contributed by atoms with Gasteiger partial charge in [0.1, 0.15) is 5.75 Å².